The van der Waals surface area contributed by atoms with Gasteiger partial charge in [0.2, 0.25) is 0 Å². The molecule has 1 aromatic carbocycles. The van der Waals surface area contributed by atoms with Crippen molar-refractivity contribution in [3.63, 3.8) is 0 Å². The predicted octanol–water partition coefficient (Wildman–Crippen LogP) is 1.44. The molecule has 0 aliphatic heterocycles. The topological polar surface area (TPSA) is 50.7 Å². The third-order valence-electron chi connectivity index (χ3n) is 1.77. The summed E-state index contributed by atoms with van der Waals surface area (Å²) in [5, 5.41) is 9.45. The number of hydrogen-bond acceptors (Lipinski definition) is 4. The number of ether oxygens (including phenoxy) is 1. The molecule has 0 atom stereocenters. The second-order valence-corrected chi connectivity index (χ2v) is 2.76. The van der Waals surface area contributed by atoms with Crippen LogP contribution >= 0.6 is 0 Å². The molecular weight excluding hydrogens is 182 g/mol. The van der Waals surface area contributed by atoms with Gasteiger partial charge in [-0.05, 0) is 24.6 Å². The first-order chi connectivity index (χ1) is 6.77. The molecule has 1 aromatic rings. The molecule has 0 saturated carbocycles. The van der Waals surface area contributed by atoms with Gasteiger partial charge in [-0.2, -0.15) is 5.48 Å². The van der Waals surface area contributed by atoms with Crippen molar-refractivity contribution in [2.24, 2.45) is 0 Å². The highest BCUT2D eigenvalue weighted by Gasteiger charge is 2.01. The van der Waals surface area contributed by atoms with Gasteiger partial charge < -0.3 is 14.7 Å². The van der Waals surface area contributed by atoms with Crippen molar-refractivity contribution in [3.05, 3.63) is 23.8 Å². The summed E-state index contributed by atoms with van der Waals surface area (Å²) in [6, 6.07) is 5.23. The molecule has 0 unspecified atom stereocenters. The minimum atomic E-state index is 0.142. The second-order valence-electron chi connectivity index (χ2n) is 2.76. The average Bonchev–Trinajstić information content (AvgIpc) is 2.18. The molecule has 4 heteroatoms. The lowest BCUT2D eigenvalue weighted by Crippen LogP contribution is -2.13. The van der Waals surface area contributed by atoms with Crippen LogP contribution < -0.4 is 10.2 Å². The number of benzene rings is 1. The zero-order valence-corrected chi connectivity index (χ0v) is 8.41. The summed E-state index contributed by atoms with van der Waals surface area (Å²) < 4.78 is 4.92. The lowest BCUT2D eigenvalue weighted by atomic mass is 10.2. The van der Waals surface area contributed by atoms with Crippen molar-refractivity contribution in [3.8, 4) is 11.5 Å². The average molecular weight is 197 g/mol. The summed E-state index contributed by atoms with van der Waals surface area (Å²) in [6.45, 7) is 3.08. The van der Waals surface area contributed by atoms with Crippen LogP contribution in [0, 0.1) is 0 Å². The smallest absolute Gasteiger partial charge is 0.160 e. The lowest BCUT2D eigenvalue weighted by molar-refractivity contribution is 0.0463. The Morgan fingerprint density at radius 1 is 1.43 bits per heavy atom. The van der Waals surface area contributed by atoms with E-state index in [0.717, 1.165) is 5.56 Å². The zero-order valence-electron chi connectivity index (χ0n) is 8.41. The van der Waals surface area contributed by atoms with E-state index in [9.17, 15) is 5.11 Å². The highest BCUT2D eigenvalue weighted by atomic mass is 16.6. The first-order valence-corrected chi connectivity index (χ1v) is 4.48. The Hall–Kier alpha value is -1.26. The monoisotopic (exact) mass is 197 g/mol. The largest absolute Gasteiger partial charge is 0.504 e. The first kappa shape index (κ1) is 10.8. The third kappa shape index (κ3) is 2.90. The van der Waals surface area contributed by atoms with Gasteiger partial charge >= 0.3 is 0 Å². The van der Waals surface area contributed by atoms with Gasteiger partial charge in [0.15, 0.2) is 11.5 Å². The molecule has 0 saturated heterocycles. The standard InChI is InChI=1S/C10H15NO3/c1-3-14-11-7-8-4-5-10(13-2)9(12)6-8/h4-6,11-12H,3,7H2,1-2H3. The summed E-state index contributed by atoms with van der Waals surface area (Å²) >= 11 is 0. The Balaban J connectivity index is 2.57. The van der Waals surface area contributed by atoms with Crippen molar-refractivity contribution in [2.45, 2.75) is 13.5 Å². The molecule has 0 fully saturated rings. The maximum Gasteiger partial charge on any atom is 0.160 e. The Labute approximate surface area is 83.4 Å². The van der Waals surface area contributed by atoms with Crippen molar-refractivity contribution >= 4 is 0 Å². The summed E-state index contributed by atoms with van der Waals surface area (Å²) in [4.78, 5) is 4.97. The fraction of sp³-hybridized carbons (Fsp3) is 0.400. The molecule has 78 valence electrons. The molecule has 0 radical (unpaired) electrons. The highest BCUT2D eigenvalue weighted by molar-refractivity contribution is 5.41. The molecule has 0 heterocycles. The van der Waals surface area contributed by atoms with Gasteiger partial charge in [-0.25, -0.2) is 0 Å². The van der Waals surface area contributed by atoms with Crippen LogP contribution in [0.1, 0.15) is 12.5 Å². The van der Waals surface area contributed by atoms with E-state index in [1.165, 1.54) is 7.11 Å². The minimum absolute atomic E-state index is 0.142. The molecule has 14 heavy (non-hydrogen) atoms. The molecule has 0 amide bonds. The fourth-order valence-corrected chi connectivity index (χ4v) is 1.08. The fourth-order valence-electron chi connectivity index (χ4n) is 1.08. The van der Waals surface area contributed by atoms with E-state index < -0.39 is 0 Å². The van der Waals surface area contributed by atoms with Crippen LogP contribution in [0.15, 0.2) is 18.2 Å². The van der Waals surface area contributed by atoms with E-state index in [0.29, 0.717) is 18.9 Å². The number of methoxy groups -OCH3 is 1. The lowest BCUT2D eigenvalue weighted by Gasteiger charge is -2.06. The van der Waals surface area contributed by atoms with Crippen LogP contribution in [0.4, 0.5) is 0 Å². The summed E-state index contributed by atoms with van der Waals surface area (Å²) in [5.74, 6) is 0.619. The number of phenols is 1. The van der Waals surface area contributed by atoms with E-state index in [4.69, 9.17) is 9.57 Å². The van der Waals surface area contributed by atoms with Gasteiger partial charge in [0.05, 0.1) is 13.7 Å². The van der Waals surface area contributed by atoms with E-state index >= 15 is 0 Å². The molecule has 0 aromatic heterocycles. The number of aromatic hydroxyl groups is 1. The van der Waals surface area contributed by atoms with Crippen LogP contribution in [-0.2, 0) is 11.4 Å². The van der Waals surface area contributed by atoms with E-state index in [2.05, 4.69) is 5.48 Å². The quantitative estimate of drug-likeness (QED) is 0.554. The number of hydrogen-bond donors (Lipinski definition) is 2. The second kappa shape index (κ2) is 5.47. The maximum absolute atomic E-state index is 9.45. The molecular formula is C10H15NO3. The van der Waals surface area contributed by atoms with Crippen LogP contribution in [0.2, 0.25) is 0 Å². The van der Waals surface area contributed by atoms with Crippen molar-refractivity contribution in [1.82, 2.24) is 5.48 Å². The van der Waals surface area contributed by atoms with Gasteiger partial charge in [0.1, 0.15) is 0 Å². The molecule has 0 bridgehead atoms. The molecule has 4 nitrogen and oxygen atoms in total. The summed E-state index contributed by atoms with van der Waals surface area (Å²) in [6.07, 6.45) is 0. The van der Waals surface area contributed by atoms with Crippen molar-refractivity contribution in [1.29, 1.82) is 0 Å². The Morgan fingerprint density at radius 3 is 2.79 bits per heavy atom. The summed E-state index contributed by atoms with van der Waals surface area (Å²) in [5.41, 5.74) is 3.71. The highest BCUT2D eigenvalue weighted by Crippen LogP contribution is 2.25. The normalized spacial score (nSPS) is 10.1. The molecule has 0 aliphatic rings. The predicted molar refractivity (Wildman–Crippen MR) is 53.1 cm³/mol. The van der Waals surface area contributed by atoms with Crippen LogP contribution in [0.5, 0.6) is 11.5 Å². The number of nitrogens with one attached hydrogen (secondary N) is 1. The van der Waals surface area contributed by atoms with Gasteiger partial charge in [-0.15, -0.1) is 0 Å². The van der Waals surface area contributed by atoms with Gasteiger partial charge in [-0.3, -0.25) is 0 Å². The molecule has 2 N–H and O–H groups in total. The van der Waals surface area contributed by atoms with E-state index in [-0.39, 0.29) is 5.75 Å². The number of hydroxylamine groups is 1. The Kier molecular flexibility index (Phi) is 4.22. The number of phenolic OH excluding ortho intramolecular Hbond substituents is 1. The molecule has 0 aliphatic carbocycles. The van der Waals surface area contributed by atoms with Gasteiger partial charge in [0.25, 0.3) is 0 Å². The molecule has 0 spiro atoms. The van der Waals surface area contributed by atoms with Crippen LogP contribution in [0.3, 0.4) is 0 Å². The molecule has 1 rings (SSSR count). The van der Waals surface area contributed by atoms with Crippen LogP contribution in [-0.4, -0.2) is 18.8 Å². The Bertz CT molecular complexity index is 289. The van der Waals surface area contributed by atoms with Gasteiger partial charge in [-0.1, -0.05) is 6.07 Å². The summed E-state index contributed by atoms with van der Waals surface area (Å²) in [7, 11) is 1.52. The SMILES string of the molecule is CCONCc1ccc(OC)c(O)c1. The minimum Gasteiger partial charge on any atom is -0.504 e. The van der Waals surface area contributed by atoms with Gasteiger partial charge in [0, 0.05) is 6.54 Å². The Morgan fingerprint density at radius 2 is 2.21 bits per heavy atom. The van der Waals surface area contributed by atoms with Crippen molar-refractivity contribution < 1.29 is 14.7 Å². The number of rotatable bonds is 5. The van der Waals surface area contributed by atoms with Crippen LogP contribution in [0.25, 0.3) is 0 Å². The van der Waals surface area contributed by atoms with Crippen molar-refractivity contribution in [2.75, 3.05) is 13.7 Å². The van der Waals surface area contributed by atoms with E-state index in [1.807, 2.05) is 13.0 Å². The zero-order chi connectivity index (χ0) is 10.4. The first-order valence-electron chi connectivity index (χ1n) is 4.48. The third-order valence-corrected chi connectivity index (χ3v) is 1.77. The van der Waals surface area contributed by atoms with E-state index in [1.54, 1.807) is 12.1 Å². The maximum atomic E-state index is 9.45.